The lowest BCUT2D eigenvalue weighted by Crippen LogP contribution is -2.32. The Kier molecular flexibility index (Phi) is 10.3. The van der Waals surface area contributed by atoms with Crippen LogP contribution in [0, 0.1) is 0 Å². The second kappa shape index (κ2) is 13.0. The highest BCUT2D eigenvalue weighted by molar-refractivity contribution is 5.95. The Bertz CT molecular complexity index is 767. The molecule has 0 fully saturated rings. The number of aryl methyl sites for hydroxylation is 1. The number of ether oxygens (including phenoxy) is 2. The lowest BCUT2D eigenvalue weighted by atomic mass is 10.0. The van der Waals surface area contributed by atoms with E-state index in [1.54, 1.807) is 18.2 Å². The first kappa shape index (κ1) is 23.9. The number of nitrogens with two attached hydrogens (primary N) is 1. The molecule has 0 aliphatic carbocycles. The molecule has 2 aromatic rings. The van der Waals surface area contributed by atoms with Gasteiger partial charge in [-0.2, -0.15) is 0 Å². The Balaban J connectivity index is 1.92. The van der Waals surface area contributed by atoms with Crippen molar-refractivity contribution in [2.45, 2.75) is 45.3 Å². The Morgan fingerprint density at radius 3 is 2.57 bits per heavy atom. The highest BCUT2D eigenvalue weighted by atomic mass is 16.5. The number of aliphatic hydroxyl groups is 1. The number of aliphatic hydroxyl groups excluding tert-OH is 1. The summed E-state index contributed by atoms with van der Waals surface area (Å²) < 4.78 is 10.8. The third kappa shape index (κ3) is 7.78. The summed E-state index contributed by atoms with van der Waals surface area (Å²) in [6.07, 6.45) is 2.21. The molecule has 2 rings (SSSR count). The molecule has 2 unspecified atom stereocenters. The van der Waals surface area contributed by atoms with Crippen LogP contribution < -0.4 is 15.8 Å². The number of amides is 1. The molecule has 1 amide bonds. The van der Waals surface area contributed by atoms with Crippen LogP contribution in [0.15, 0.2) is 48.5 Å². The molecule has 0 aliphatic heterocycles. The standard InChI is InChI=1S/C24H34N2O4/c1-3-20(12-10-18-8-6-5-7-9-18)26-17-22(27)19-11-13-23(21(16-19)24(25)28)30-15-14-29-4-2/h5-9,11,13,16,20,22,26-27H,3-4,10,12,14-15,17H2,1-2H3,(H2,25,28). The van der Waals surface area contributed by atoms with Gasteiger partial charge in [0.2, 0.25) is 0 Å². The van der Waals surface area contributed by atoms with Crippen molar-refractivity contribution in [3.63, 3.8) is 0 Å². The van der Waals surface area contributed by atoms with Gasteiger partial charge >= 0.3 is 0 Å². The van der Waals surface area contributed by atoms with Crippen molar-refractivity contribution in [2.75, 3.05) is 26.4 Å². The smallest absolute Gasteiger partial charge is 0.252 e. The van der Waals surface area contributed by atoms with Crippen LogP contribution in [0.5, 0.6) is 5.75 Å². The molecule has 0 saturated carbocycles. The largest absolute Gasteiger partial charge is 0.490 e. The van der Waals surface area contributed by atoms with Crippen LogP contribution in [0.3, 0.4) is 0 Å². The summed E-state index contributed by atoms with van der Waals surface area (Å²) in [4.78, 5) is 11.8. The minimum atomic E-state index is -0.744. The molecule has 0 aliphatic rings. The van der Waals surface area contributed by atoms with E-state index in [0.29, 0.717) is 43.7 Å². The van der Waals surface area contributed by atoms with Gasteiger partial charge in [0.15, 0.2) is 0 Å². The molecule has 164 valence electrons. The van der Waals surface area contributed by atoms with Crippen LogP contribution in [-0.4, -0.2) is 43.4 Å². The van der Waals surface area contributed by atoms with Gasteiger partial charge in [-0.1, -0.05) is 43.3 Å². The quantitative estimate of drug-likeness (QED) is 0.413. The maximum Gasteiger partial charge on any atom is 0.252 e. The highest BCUT2D eigenvalue weighted by Gasteiger charge is 2.16. The summed E-state index contributed by atoms with van der Waals surface area (Å²) >= 11 is 0. The van der Waals surface area contributed by atoms with Gasteiger partial charge in [-0.25, -0.2) is 0 Å². The third-order valence-corrected chi connectivity index (χ3v) is 5.06. The number of nitrogens with one attached hydrogen (secondary N) is 1. The van der Waals surface area contributed by atoms with Gasteiger partial charge in [-0.3, -0.25) is 4.79 Å². The molecule has 6 heteroatoms. The van der Waals surface area contributed by atoms with Crippen molar-refractivity contribution in [3.05, 3.63) is 65.2 Å². The number of rotatable bonds is 14. The van der Waals surface area contributed by atoms with E-state index in [4.69, 9.17) is 15.2 Å². The minimum absolute atomic E-state index is 0.263. The van der Waals surface area contributed by atoms with Gasteiger partial charge in [-0.05, 0) is 49.4 Å². The molecule has 2 atom stereocenters. The minimum Gasteiger partial charge on any atom is -0.490 e. The average Bonchev–Trinajstić information content (AvgIpc) is 2.77. The number of primary amides is 1. The summed E-state index contributed by atoms with van der Waals surface area (Å²) in [5.41, 5.74) is 7.71. The SMILES string of the molecule is CCOCCOc1ccc(C(O)CNC(CC)CCc2ccccc2)cc1C(N)=O. The lowest BCUT2D eigenvalue weighted by molar-refractivity contribution is 0.0978. The average molecular weight is 415 g/mol. The fourth-order valence-electron chi connectivity index (χ4n) is 3.26. The predicted molar refractivity (Wildman–Crippen MR) is 119 cm³/mol. The number of hydrogen-bond acceptors (Lipinski definition) is 5. The molecule has 0 spiro atoms. The second-order valence-electron chi connectivity index (χ2n) is 7.22. The van der Waals surface area contributed by atoms with E-state index in [2.05, 4.69) is 24.4 Å². The van der Waals surface area contributed by atoms with E-state index < -0.39 is 12.0 Å². The molecular weight excluding hydrogens is 380 g/mol. The molecule has 0 aromatic heterocycles. The van der Waals surface area contributed by atoms with Crippen LogP contribution in [0.1, 0.15) is 54.3 Å². The van der Waals surface area contributed by atoms with Crippen molar-refractivity contribution < 1.29 is 19.4 Å². The number of carbonyl (C=O) groups excluding carboxylic acids is 1. The van der Waals surface area contributed by atoms with Gasteiger partial charge in [-0.15, -0.1) is 0 Å². The molecule has 0 saturated heterocycles. The van der Waals surface area contributed by atoms with Crippen molar-refractivity contribution in [1.29, 1.82) is 0 Å². The van der Waals surface area contributed by atoms with Gasteiger partial charge < -0.3 is 25.6 Å². The van der Waals surface area contributed by atoms with E-state index in [1.807, 2.05) is 25.1 Å². The van der Waals surface area contributed by atoms with E-state index in [-0.39, 0.29) is 5.56 Å². The molecule has 30 heavy (non-hydrogen) atoms. The lowest BCUT2D eigenvalue weighted by Gasteiger charge is -2.20. The van der Waals surface area contributed by atoms with Gasteiger partial charge in [0.25, 0.3) is 5.91 Å². The Morgan fingerprint density at radius 1 is 1.13 bits per heavy atom. The fraction of sp³-hybridized carbons (Fsp3) is 0.458. The van der Waals surface area contributed by atoms with Crippen molar-refractivity contribution in [2.24, 2.45) is 5.73 Å². The molecule has 6 nitrogen and oxygen atoms in total. The topological polar surface area (TPSA) is 93.8 Å². The molecule has 4 N–H and O–H groups in total. The molecular formula is C24H34N2O4. The zero-order chi connectivity index (χ0) is 21.8. The van der Waals surface area contributed by atoms with Crippen LogP contribution in [0.2, 0.25) is 0 Å². The van der Waals surface area contributed by atoms with Gasteiger partial charge in [0.1, 0.15) is 12.4 Å². The van der Waals surface area contributed by atoms with Gasteiger partial charge in [0.05, 0.1) is 18.3 Å². The molecule has 0 bridgehead atoms. The predicted octanol–water partition coefficient (Wildman–Crippen LogP) is 3.24. The first-order chi connectivity index (χ1) is 14.5. The maximum atomic E-state index is 11.8. The second-order valence-corrected chi connectivity index (χ2v) is 7.22. The Hall–Kier alpha value is -2.41. The fourth-order valence-corrected chi connectivity index (χ4v) is 3.26. The monoisotopic (exact) mass is 414 g/mol. The van der Waals surface area contributed by atoms with Crippen LogP contribution in [-0.2, 0) is 11.2 Å². The van der Waals surface area contributed by atoms with E-state index in [0.717, 1.165) is 19.3 Å². The summed E-state index contributed by atoms with van der Waals surface area (Å²) in [6.45, 7) is 5.81. The van der Waals surface area contributed by atoms with Crippen LogP contribution in [0.4, 0.5) is 0 Å². The Labute approximate surface area is 179 Å². The van der Waals surface area contributed by atoms with E-state index >= 15 is 0 Å². The number of carbonyl (C=O) groups is 1. The maximum absolute atomic E-state index is 11.8. The van der Waals surface area contributed by atoms with Crippen molar-refractivity contribution in [1.82, 2.24) is 5.32 Å². The van der Waals surface area contributed by atoms with Crippen LogP contribution in [0.25, 0.3) is 0 Å². The number of benzene rings is 2. The summed E-state index contributed by atoms with van der Waals surface area (Å²) in [6, 6.07) is 15.7. The molecule has 0 radical (unpaired) electrons. The molecule has 2 aromatic carbocycles. The summed E-state index contributed by atoms with van der Waals surface area (Å²) in [5.74, 6) is -0.182. The van der Waals surface area contributed by atoms with Gasteiger partial charge in [0, 0.05) is 19.2 Å². The summed E-state index contributed by atoms with van der Waals surface area (Å²) in [7, 11) is 0. The Morgan fingerprint density at radius 2 is 1.90 bits per heavy atom. The highest BCUT2D eigenvalue weighted by Crippen LogP contribution is 2.23. The normalized spacial score (nSPS) is 13.0. The zero-order valence-corrected chi connectivity index (χ0v) is 18.0. The number of hydrogen-bond donors (Lipinski definition) is 3. The molecule has 0 heterocycles. The zero-order valence-electron chi connectivity index (χ0n) is 18.0. The first-order valence-corrected chi connectivity index (χ1v) is 10.6. The third-order valence-electron chi connectivity index (χ3n) is 5.06. The van der Waals surface area contributed by atoms with Crippen LogP contribution >= 0.6 is 0 Å². The van der Waals surface area contributed by atoms with Crippen molar-refractivity contribution >= 4 is 5.91 Å². The van der Waals surface area contributed by atoms with E-state index in [1.165, 1.54) is 5.56 Å². The van der Waals surface area contributed by atoms with Crippen molar-refractivity contribution in [3.8, 4) is 5.75 Å². The van der Waals surface area contributed by atoms with E-state index in [9.17, 15) is 9.90 Å². The first-order valence-electron chi connectivity index (χ1n) is 10.6. The summed E-state index contributed by atoms with van der Waals surface area (Å²) in [5, 5.41) is 14.1.